The van der Waals surface area contributed by atoms with Crippen molar-refractivity contribution in [3.05, 3.63) is 24.3 Å². The van der Waals surface area contributed by atoms with Crippen LogP contribution < -0.4 is 4.74 Å². The standard InChI is InChI=1S/C10H14O3/c1-12-6-3-7-13-10-5-2-4-9(11)8-10/h2,4-5,8,11H,3,6-7H2,1H3. The van der Waals surface area contributed by atoms with Crippen LogP contribution in [0.3, 0.4) is 0 Å². The van der Waals surface area contributed by atoms with E-state index in [-0.39, 0.29) is 5.75 Å². The van der Waals surface area contributed by atoms with E-state index in [1.165, 1.54) is 0 Å². The van der Waals surface area contributed by atoms with E-state index in [1.807, 2.05) is 6.07 Å². The van der Waals surface area contributed by atoms with Crippen LogP contribution in [0.4, 0.5) is 0 Å². The van der Waals surface area contributed by atoms with Gasteiger partial charge in [0.1, 0.15) is 11.5 Å². The van der Waals surface area contributed by atoms with Gasteiger partial charge in [0.05, 0.1) is 6.61 Å². The van der Waals surface area contributed by atoms with Crippen molar-refractivity contribution in [3.8, 4) is 11.5 Å². The van der Waals surface area contributed by atoms with E-state index < -0.39 is 0 Å². The van der Waals surface area contributed by atoms with E-state index in [9.17, 15) is 0 Å². The fraction of sp³-hybridized carbons (Fsp3) is 0.400. The van der Waals surface area contributed by atoms with Crippen molar-refractivity contribution in [1.29, 1.82) is 0 Å². The SMILES string of the molecule is COCCCOc1cccc(O)c1. The Balaban J connectivity index is 2.28. The predicted molar refractivity (Wildman–Crippen MR) is 50.1 cm³/mol. The summed E-state index contributed by atoms with van der Waals surface area (Å²) < 4.78 is 10.2. The van der Waals surface area contributed by atoms with Crippen molar-refractivity contribution in [1.82, 2.24) is 0 Å². The highest BCUT2D eigenvalue weighted by Gasteiger charge is 1.94. The number of benzene rings is 1. The molecule has 0 unspecified atom stereocenters. The number of aromatic hydroxyl groups is 1. The molecule has 0 radical (unpaired) electrons. The van der Waals surface area contributed by atoms with Crippen LogP contribution in [-0.4, -0.2) is 25.4 Å². The lowest BCUT2D eigenvalue weighted by Gasteiger charge is -2.05. The Morgan fingerprint density at radius 2 is 2.15 bits per heavy atom. The molecule has 1 N–H and O–H groups in total. The molecule has 0 saturated heterocycles. The van der Waals surface area contributed by atoms with Gasteiger partial charge in [-0.2, -0.15) is 0 Å². The summed E-state index contributed by atoms with van der Waals surface area (Å²) in [5, 5.41) is 9.11. The number of methoxy groups -OCH3 is 1. The van der Waals surface area contributed by atoms with Crippen molar-refractivity contribution < 1.29 is 14.6 Å². The summed E-state index contributed by atoms with van der Waals surface area (Å²) in [5.74, 6) is 0.917. The third-order valence-electron chi connectivity index (χ3n) is 1.58. The topological polar surface area (TPSA) is 38.7 Å². The number of ether oxygens (including phenoxy) is 2. The van der Waals surface area contributed by atoms with E-state index in [4.69, 9.17) is 14.6 Å². The Hall–Kier alpha value is -1.22. The number of phenolic OH excluding ortho intramolecular Hbond substituents is 1. The second-order valence-corrected chi connectivity index (χ2v) is 2.69. The van der Waals surface area contributed by atoms with Crippen molar-refractivity contribution in [2.24, 2.45) is 0 Å². The molecule has 72 valence electrons. The summed E-state index contributed by atoms with van der Waals surface area (Å²) in [6.45, 7) is 1.30. The third-order valence-corrected chi connectivity index (χ3v) is 1.58. The Morgan fingerprint density at radius 3 is 2.85 bits per heavy atom. The van der Waals surface area contributed by atoms with Crippen LogP contribution >= 0.6 is 0 Å². The lowest BCUT2D eigenvalue weighted by molar-refractivity contribution is 0.172. The lowest BCUT2D eigenvalue weighted by atomic mass is 10.3. The molecule has 0 heterocycles. The molecule has 0 amide bonds. The fourth-order valence-electron chi connectivity index (χ4n) is 0.967. The molecular weight excluding hydrogens is 168 g/mol. The second-order valence-electron chi connectivity index (χ2n) is 2.69. The van der Waals surface area contributed by atoms with Gasteiger partial charge in [-0.25, -0.2) is 0 Å². The molecule has 0 bridgehead atoms. The molecule has 0 atom stereocenters. The van der Waals surface area contributed by atoms with E-state index in [2.05, 4.69) is 0 Å². The second kappa shape index (κ2) is 5.43. The summed E-state index contributed by atoms with van der Waals surface area (Å²) in [6, 6.07) is 6.77. The molecule has 0 saturated carbocycles. The number of hydrogen-bond acceptors (Lipinski definition) is 3. The lowest BCUT2D eigenvalue weighted by Crippen LogP contribution is -2.00. The van der Waals surface area contributed by atoms with Crippen molar-refractivity contribution in [2.75, 3.05) is 20.3 Å². The molecule has 13 heavy (non-hydrogen) atoms. The fourth-order valence-corrected chi connectivity index (χ4v) is 0.967. The van der Waals surface area contributed by atoms with Gasteiger partial charge in [0, 0.05) is 26.2 Å². The third kappa shape index (κ3) is 3.80. The Labute approximate surface area is 77.9 Å². The normalized spacial score (nSPS) is 9.92. The first-order valence-electron chi connectivity index (χ1n) is 4.23. The minimum atomic E-state index is 0.226. The van der Waals surface area contributed by atoms with Crippen LogP contribution in [0.2, 0.25) is 0 Å². The van der Waals surface area contributed by atoms with Crippen molar-refractivity contribution >= 4 is 0 Å². The highest BCUT2D eigenvalue weighted by atomic mass is 16.5. The minimum Gasteiger partial charge on any atom is -0.508 e. The summed E-state index contributed by atoms with van der Waals surface area (Å²) in [5.41, 5.74) is 0. The van der Waals surface area contributed by atoms with Gasteiger partial charge >= 0.3 is 0 Å². The predicted octanol–water partition coefficient (Wildman–Crippen LogP) is 1.81. The van der Waals surface area contributed by atoms with Gasteiger partial charge < -0.3 is 14.6 Å². The Morgan fingerprint density at radius 1 is 1.31 bits per heavy atom. The molecule has 1 aromatic carbocycles. The highest BCUT2D eigenvalue weighted by Crippen LogP contribution is 2.17. The molecular formula is C10H14O3. The number of rotatable bonds is 5. The summed E-state index contributed by atoms with van der Waals surface area (Å²) in [6.07, 6.45) is 0.853. The van der Waals surface area contributed by atoms with Crippen LogP contribution in [0.25, 0.3) is 0 Å². The largest absolute Gasteiger partial charge is 0.508 e. The van der Waals surface area contributed by atoms with Crippen LogP contribution in [0, 0.1) is 0 Å². The summed E-state index contributed by atoms with van der Waals surface area (Å²) in [4.78, 5) is 0. The van der Waals surface area contributed by atoms with E-state index in [0.29, 0.717) is 19.0 Å². The van der Waals surface area contributed by atoms with Crippen LogP contribution in [0.1, 0.15) is 6.42 Å². The highest BCUT2D eigenvalue weighted by molar-refractivity contribution is 5.31. The maximum absolute atomic E-state index is 9.11. The van der Waals surface area contributed by atoms with Crippen LogP contribution in [0.15, 0.2) is 24.3 Å². The molecule has 3 heteroatoms. The molecule has 1 aromatic rings. The average molecular weight is 182 g/mol. The molecule has 0 fully saturated rings. The zero-order valence-corrected chi connectivity index (χ0v) is 7.69. The quantitative estimate of drug-likeness (QED) is 0.706. The first-order chi connectivity index (χ1) is 6.33. The van der Waals surface area contributed by atoms with Gasteiger partial charge in [0.2, 0.25) is 0 Å². The van der Waals surface area contributed by atoms with Gasteiger partial charge in [0.25, 0.3) is 0 Å². The molecule has 0 aromatic heterocycles. The number of phenols is 1. The summed E-state index contributed by atoms with van der Waals surface area (Å²) >= 11 is 0. The van der Waals surface area contributed by atoms with E-state index in [0.717, 1.165) is 6.42 Å². The smallest absolute Gasteiger partial charge is 0.122 e. The van der Waals surface area contributed by atoms with Crippen molar-refractivity contribution in [3.63, 3.8) is 0 Å². The monoisotopic (exact) mass is 182 g/mol. The Bertz CT molecular complexity index is 248. The number of hydrogen-bond donors (Lipinski definition) is 1. The zero-order valence-electron chi connectivity index (χ0n) is 7.69. The molecule has 0 aliphatic heterocycles. The zero-order chi connectivity index (χ0) is 9.52. The van der Waals surface area contributed by atoms with E-state index in [1.54, 1.807) is 25.3 Å². The van der Waals surface area contributed by atoms with E-state index >= 15 is 0 Å². The Kier molecular flexibility index (Phi) is 4.12. The van der Waals surface area contributed by atoms with Gasteiger partial charge in [-0.1, -0.05) is 6.07 Å². The van der Waals surface area contributed by atoms with Gasteiger partial charge in [0.15, 0.2) is 0 Å². The summed E-state index contributed by atoms with van der Waals surface area (Å²) in [7, 11) is 1.66. The maximum atomic E-state index is 9.11. The van der Waals surface area contributed by atoms with Gasteiger partial charge in [-0.3, -0.25) is 0 Å². The van der Waals surface area contributed by atoms with Crippen LogP contribution in [0.5, 0.6) is 11.5 Å². The molecule has 0 spiro atoms. The molecule has 0 aliphatic rings. The van der Waals surface area contributed by atoms with Gasteiger partial charge in [-0.05, 0) is 12.1 Å². The average Bonchev–Trinajstić information content (AvgIpc) is 2.13. The minimum absolute atomic E-state index is 0.226. The molecule has 3 nitrogen and oxygen atoms in total. The maximum Gasteiger partial charge on any atom is 0.122 e. The van der Waals surface area contributed by atoms with Gasteiger partial charge in [-0.15, -0.1) is 0 Å². The first kappa shape index (κ1) is 9.86. The van der Waals surface area contributed by atoms with Crippen LogP contribution in [-0.2, 0) is 4.74 Å². The molecule has 0 aliphatic carbocycles. The van der Waals surface area contributed by atoms with Crippen molar-refractivity contribution in [2.45, 2.75) is 6.42 Å². The molecule has 1 rings (SSSR count). The first-order valence-corrected chi connectivity index (χ1v) is 4.23.